The number of rotatable bonds is 1. The van der Waals surface area contributed by atoms with Crippen molar-refractivity contribution >= 4 is 11.6 Å². The first-order chi connectivity index (χ1) is 5.61. The maximum Gasteiger partial charge on any atom is 0.221 e. The molecule has 0 aliphatic rings. The van der Waals surface area contributed by atoms with Gasteiger partial charge in [-0.25, -0.2) is 8.78 Å². The Morgan fingerprint density at radius 2 is 1.83 bits per heavy atom. The summed E-state index contributed by atoms with van der Waals surface area (Å²) in [7, 11) is 0. The Hall–Kier alpha value is -1.45. The van der Waals surface area contributed by atoms with Gasteiger partial charge in [0.1, 0.15) is 17.3 Å². The number of nitrogens with one attached hydrogen (secondary N) is 1. The molecule has 0 aliphatic carbocycles. The van der Waals surface area contributed by atoms with Gasteiger partial charge in [-0.2, -0.15) is 0 Å². The molecule has 1 aromatic carbocycles. The van der Waals surface area contributed by atoms with Crippen LogP contribution < -0.4 is 5.32 Å². The van der Waals surface area contributed by atoms with Crippen molar-refractivity contribution in [1.29, 1.82) is 0 Å². The van der Waals surface area contributed by atoms with Crippen molar-refractivity contribution in [2.45, 2.75) is 6.92 Å². The van der Waals surface area contributed by atoms with Gasteiger partial charge in [0.05, 0.1) is 0 Å². The van der Waals surface area contributed by atoms with Crippen LogP contribution in [0.15, 0.2) is 18.2 Å². The molecule has 0 aliphatic heterocycles. The van der Waals surface area contributed by atoms with Crippen LogP contribution in [0.3, 0.4) is 0 Å². The molecule has 4 heteroatoms. The molecule has 2 nitrogen and oxygen atoms in total. The van der Waals surface area contributed by atoms with E-state index in [1.807, 2.05) is 0 Å². The molecule has 0 spiro atoms. The predicted octanol–water partition coefficient (Wildman–Crippen LogP) is 1.92. The van der Waals surface area contributed by atoms with E-state index in [2.05, 4.69) is 5.32 Å². The van der Waals surface area contributed by atoms with Crippen LogP contribution in [0.5, 0.6) is 0 Å². The van der Waals surface area contributed by atoms with Gasteiger partial charge in [0.25, 0.3) is 0 Å². The maximum atomic E-state index is 12.8. The van der Waals surface area contributed by atoms with Gasteiger partial charge >= 0.3 is 0 Å². The minimum atomic E-state index is -0.773. The van der Waals surface area contributed by atoms with Crippen LogP contribution in [-0.2, 0) is 4.79 Å². The number of carbonyl (C=O) groups excluding carboxylic acids is 1. The molecule has 1 rings (SSSR count). The largest absolute Gasteiger partial charge is 0.321 e. The third kappa shape index (κ3) is 1.78. The summed E-state index contributed by atoms with van der Waals surface area (Å²) in [6.45, 7) is 1.19. The van der Waals surface area contributed by atoms with Crippen LogP contribution >= 0.6 is 0 Å². The van der Waals surface area contributed by atoms with E-state index in [0.717, 1.165) is 12.1 Å². The average molecular weight is 171 g/mol. The van der Waals surface area contributed by atoms with E-state index in [-0.39, 0.29) is 0 Å². The fraction of sp³-hybridized carbons (Fsp3) is 0.125. The molecule has 0 saturated heterocycles. The van der Waals surface area contributed by atoms with E-state index in [1.54, 1.807) is 0 Å². The summed E-state index contributed by atoms with van der Waals surface area (Å²) in [5.74, 6) is -2.05. The quantitative estimate of drug-likeness (QED) is 0.687. The molecule has 12 heavy (non-hydrogen) atoms. The van der Waals surface area contributed by atoms with Crippen molar-refractivity contribution in [3.05, 3.63) is 29.8 Å². The highest BCUT2D eigenvalue weighted by Gasteiger charge is 2.08. The highest BCUT2D eigenvalue weighted by molar-refractivity contribution is 5.88. The molecule has 0 aromatic heterocycles. The monoisotopic (exact) mass is 171 g/mol. The zero-order valence-corrected chi connectivity index (χ0v) is 6.40. The van der Waals surface area contributed by atoms with E-state index in [0.29, 0.717) is 0 Å². The molecule has 0 heterocycles. The molecule has 0 unspecified atom stereocenters. The van der Waals surface area contributed by atoms with E-state index < -0.39 is 23.2 Å². The number of amides is 1. The summed E-state index contributed by atoms with van der Waals surface area (Å²) in [4.78, 5) is 10.5. The van der Waals surface area contributed by atoms with Gasteiger partial charge < -0.3 is 5.32 Å². The number of halogens is 2. The molecule has 0 atom stereocenters. The Balaban J connectivity index is 3.04. The average Bonchev–Trinajstić information content (AvgIpc) is 1.97. The Bertz CT molecular complexity index is 292. The first kappa shape index (κ1) is 8.64. The second kappa shape index (κ2) is 3.30. The van der Waals surface area contributed by atoms with Crippen molar-refractivity contribution < 1.29 is 13.6 Å². The third-order valence-electron chi connectivity index (χ3n) is 1.26. The van der Waals surface area contributed by atoms with Crippen molar-refractivity contribution in [1.82, 2.24) is 0 Å². The van der Waals surface area contributed by atoms with Crippen LogP contribution in [0.25, 0.3) is 0 Å². The lowest BCUT2D eigenvalue weighted by atomic mass is 10.3. The number of anilines is 1. The number of para-hydroxylation sites is 1. The molecule has 1 amide bonds. The van der Waals surface area contributed by atoms with Crippen LogP contribution in [0.2, 0.25) is 0 Å². The minimum absolute atomic E-state index is 0.398. The summed E-state index contributed by atoms with van der Waals surface area (Å²) >= 11 is 0. The highest BCUT2D eigenvalue weighted by atomic mass is 19.1. The van der Waals surface area contributed by atoms with Gasteiger partial charge in [0.15, 0.2) is 0 Å². The highest BCUT2D eigenvalue weighted by Crippen LogP contribution is 2.17. The van der Waals surface area contributed by atoms with Gasteiger partial charge in [-0.3, -0.25) is 4.79 Å². The third-order valence-corrected chi connectivity index (χ3v) is 1.26. The van der Waals surface area contributed by atoms with E-state index >= 15 is 0 Å². The molecule has 0 bridgehead atoms. The molecular weight excluding hydrogens is 164 g/mol. The van der Waals surface area contributed by atoms with Crippen molar-refractivity contribution in [3.8, 4) is 0 Å². The number of hydrogen-bond acceptors (Lipinski definition) is 1. The maximum absolute atomic E-state index is 12.8. The first-order valence-corrected chi connectivity index (χ1v) is 3.33. The lowest BCUT2D eigenvalue weighted by molar-refractivity contribution is -0.114. The van der Waals surface area contributed by atoms with Crippen molar-refractivity contribution in [2.24, 2.45) is 0 Å². The molecule has 0 fully saturated rings. The zero-order chi connectivity index (χ0) is 9.14. The fourth-order valence-electron chi connectivity index (χ4n) is 0.793. The summed E-state index contributed by atoms with van der Waals surface area (Å²) in [5.41, 5.74) is -0.398. The standard InChI is InChI=1S/C8H7F2NO/c1-5(12)11-8-6(9)3-2-4-7(8)10/h2-4H,1H3,(H,11,12). The van der Waals surface area contributed by atoms with E-state index in [1.165, 1.54) is 13.0 Å². The minimum Gasteiger partial charge on any atom is -0.321 e. The predicted molar refractivity (Wildman–Crippen MR) is 40.7 cm³/mol. The number of hydrogen-bond donors (Lipinski definition) is 1. The smallest absolute Gasteiger partial charge is 0.221 e. The summed E-state index contributed by atoms with van der Waals surface area (Å²) in [5, 5.41) is 2.05. The van der Waals surface area contributed by atoms with Gasteiger partial charge in [0, 0.05) is 6.92 Å². The van der Waals surface area contributed by atoms with Crippen LogP contribution in [0, 0.1) is 11.6 Å². The zero-order valence-electron chi connectivity index (χ0n) is 6.40. The van der Waals surface area contributed by atoms with Gasteiger partial charge in [-0.05, 0) is 12.1 Å². The summed E-state index contributed by atoms with van der Waals surface area (Å²) < 4.78 is 25.5. The fourth-order valence-corrected chi connectivity index (χ4v) is 0.793. The Kier molecular flexibility index (Phi) is 2.38. The van der Waals surface area contributed by atoms with E-state index in [4.69, 9.17) is 0 Å². The molecule has 1 N–H and O–H groups in total. The SMILES string of the molecule is CC(=O)Nc1c(F)cccc1F. The van der Waals surface area contributed by atoms with Gasteiger partial charge in [-0.1, -0.05) is 6.07 Å². The Labute approximate surface area is 68.2 Å². The normalized spacial score (nSPS) is 9.58. The second-order valence-corrected chi connectivity index (χ2v) is 2.28. The molecular formula is C8H7F2NO. The van der Waals surface area contributed by atoms with Crippen molar-refractivity contribution in [2.75, 3.05) is 5.32 Å². The number of benzene rings is 1. The molecule has 1 aromatic rings. The number of carbonyl (C=O) groups is 1. The lowest BCUT2D eigenvalue weighted by Crippen LogP contribution is -2.09. The topological polar surface area (TPSA) is 29.1 Å². The molecule has 0 radical (unpaired) electrons. The molecule has 0 saturated carbocycles. The second-order valence-electron chi connectivity index (χ2n) is 2.28. The van der Waals surface area contributed by atoms with E-state index in [9.17, 15) is 13.6 Å². The summed E-state index contributed by atoms with van der Waals surface area (Å²) in [6, 6.07) is 3.39. The van der Waals surface area contributed by atoms with Gasteiger partial charge in [-0.15, -0.1) is 0 Å². The lowest BCUT2D eigenvalue weighted by Gasteiger charge is -2.03. The summed E-state index contributed by atoms with van der Waals surface area (Å²) in [6.07, 6.45) is 0. The molecule has 64 valence electrons. The first-order valence-electron chi connectivity index (χ1n) is 3.33. The van der Waals surface area contributed by atoms with Crippen LogP contribution in [-0.4, -0.2) is 5.91 Å². The Morgan fingerprint density at radius 1 is 1.33 bits per heavy atom. The van der Waals surface area contributed by atoms with Crippen LogP contribution in [0.1, 0.15) is 6.92 Å². The van der Waals surface area contributed by atoms with Crippen molar-refractivity contribution in [3.63, 3.8) is 0 Å². The Morgan fingerprint density at radius 3 is 2.25 bits per heavy atom. The van der Waals surface area contributed by atoms with Crippen LogP contribution in [0.4, 0.5) is 14.5 Å². The van der Waals surface area contributed by atoms with Gasteiger partial charge in [0.2, 0.25) is 5.91 Å².